The Labute approximate surface area is 101 Å². The van der Waals surface area contributed by atoms with Crippen LogP contribution in [0.4, 0.5) is 0 Å². The van der Waals surface area contributed by atoms with E-state index >= 15 is 0 Å². The number of para-hydroxylation sites is 1. The van der Waals surface area contributed by atoms with E-state index in [-0.39, 0.29) is 5.43 Å². The number of methoxy groups -OCH3 is 1. The third-order valence-electron chi connectivity index (χ3n) is 3.07. The van der Waals surface area contributed by atoms with Crippen molar-refractivity contribution in [2.45, 2.75) is 19.8 Å². The Morgan fingerprint density at radius 2 is 2.00 bits per heavy atom. The molecular weight excluding hydrogens is 214 g/mol. The lowest BCUT2D eigenvalue weighted by molar-refractivity contribution is 0.400. The van der Waals surface area contributed by atoms with Crippen molar-refractivity contribution in [1.29, 1.82) is 0 Å². The fraction of sp³-hybridized carbons (Fsp3) is 0.357. The zero-order valence-corrected chi connectivity index (χ0v) is 10.5. The number of hydrogen-bond donors (Lipinski definition) is 0. The minimum Gasteiger partial charge on any atom is -0.491 e. The molecule has 3 heteroatoms. The van der Waals surface area contributed by atoms with Crippen LogP contribution in [0.1, 0.15) is 19.0 Å². The molecule has 0 saturated carbocycles. The van der Waals surface area contributed by atoms with Crippen LogP contribution in [0.15, 0.2) is 29.1 Å². The fourth-order valence-corrected chi connectivity index (χ4v) is 2.24. The normalized spacial score (nSPS) is 10.8. The van der Waals surface area contributed by atoms with Gasteiger partial charge in [0.15, 0.2) is 5.75 Å². The van der Waals surface area contributed by atoms with Gasteiger partial charge in [0.25, 0.3) is 0 Å². The van der Waals surface area contributed by atoms with Gasteiger partial charge in [-0.3, -0.25) is 4.79 Å². The molecule has 0 radical (unpaired) electrons. The van der Waals surface area contributed by atoms with Gasteiger partial charge in [-0.25, -0.2) is 0 Å². The molecular formula is C14H17NO2. The van der Waals surface area contributed by atoms with Crippen molar-refractivity contribution in [3.8, 4) is 5.75 Å². The lowest BCUT2D eigenvalue weighted by Crippen LogP contribution is -2.16. The molecule has 0 aliphatic rings. The molecule has 0 N–H and O–H groups in total. The van der Waals surface area contributed by atoms with E-state index in [1.807, 2.05) is 31.3 Å². The van der Waals surface area contributed by atoms with Gasteiger partial charge >= 0.3 is 0 Å². The second-order valence-electron chi connectivity index (χ2n) is 4.14. The highest BCUT2D eigenvalue weighted by Gasteiger charge is 2.14. The molecule has 0 aliphatic heterocycles. The topological polar surface area (TPSA) is 31.2 Å². The second-order valence-corrected chi connectivity index (χ2v) is 4.14. The Morgan fingerprint density at radius 1 is 1.29 bits per heavy atom. The maximum Gasteiger partial charge on any atom is 0.231 e. The number of hydrogen-bond acceptors (Lipinski definition) is 2. The third-order valence-corrected chi connectivity index (χ3v) is 3.07. The lowest BCUT2D eigenvalue weighted by Gasteiger charge is -2.15. The van der Waals surface area contributed by atoms with Gasteiger partial charge < -0.3 is 9.30 Å². The third kappa shape index (κ3) is 1.82. The van der Waals surface area contributed by atoms with E-state index < -0.39 is 0 Å². The molecule has 1 heterocycles. The fourth-order valence-electron chi connectivity index (χ4n) is 2.24. The van der Waals surface area contributed by atoms with Crippen LogP contribution in [0, 0.1) is 0 Å². The van der Waals surface area contributed by atoms with E-state index in [2.05, 4.69) is 11.5 Å². The molecule has 3 nitrogen and oxygen atoms in total. The van der Waals surface area contributed by atoms with Crippen molar-refractivity contribution < 1.29 is 4.74 Å². The average Bonchev–Trinajstić information content (AvgIpc) is 2.36. The molecule has 0 unspecified atom stereocenters. The van der Waals surface area contributed by atoms with Crippen molar-refractivity contribution in [3.05, 3.63) is 40.2 Å². The molecule has 0 bridgehead atoms. The minimum absolute atomic E-state index is 0.00958. The van der Waals surface area contributed by atoms with Gasteiger partial charge in [-0.2, -0.15) is 0 Å². The molecule has 0 saturated heterocycles. The van der Waals surface area contributed by atoms with E-state index in [0.29, 0.717) is 11.1 Å². The molecule has 0 spiro atoms. The molecule has 0 amide bonds. The van der Waals surface area contributed by atoms with Crippen molar-refractivity contribution in [2.24, 2.45) is 7.05 Å². The molecule has 1 aromatic heterocycles. The summed E-state index contributed by atoms with van der Waals surface area (Å²) in [6.07, 6.45) is 1.84. The smallest absolute Gasteiger partial charge is 0.231 e. The number of nitrogens with zero attached hydrogens (tertiary/aromatic N) is 1. The number of benzene rings is 1. The van der Waals surface area contributed by atoms with Crippen molar-refractivity contribution in [1.82, 2.24) is 4.57 Å². The van der Waals surface area contributed by atoms with E-state index in [1.54, 1.807) is 7.11 Å². The van der Waals surface area contributed by atoms with E-state index in [1.165, 1.54) is 0 Å². The number of pyridine rings is 1. The van der Waals surface area contributed by atoms with Crippen LogP contribution in [0.2, 0.25) is 0 Å². The highest BCUT2D eigenvalue weighted by atomic mass is 16.5. The Morgan fingerprint density at radius 3 is 2.65 bits per heavy atom. The van der Waals surface area contributed by atoms with Gasteiger partial charge in [0.05, 0.1) is 18.3 Å². The number of rotatable bonds is 3. The van der Waals surface area contributed by atoms with Crippen molar-refractivity contribution in [2.75, 3.05) is 7.11 Å². The maximum atomic E-state index is 12.3. The summed E-state index contributed by atoms with van der Waals surface area (Å²) in [6.45, 7) is 2.10. The van der Waals surface area contributed by atoms with Gasteiger partial charge in [-0.05, 0) is 18.6 Å². The van der Waals surface area contributed by atoms with Crippen LogP contribution in [0.25, 0.3) is 10.9 Å². The quantitative estimate of drug-likeness (QED) is 0.812. The first kappa shape index (κ1) is 11.7. The lowest BCUT2D eigenvalue weighted by atomic mass is 10.1. The first-order chi connectivity index (χ1) is 8.20. The Hall–Kier alpha value is -1.77. The summed E-state index contributed by atoms with van der Waals surface area (Å²) in [5, 5.41) is 0.715. The van der Waals surface area contributed by atoms with Crippen LogP contribution >= 0.6 is 0 Å². The molecule has 2 aromatic rings. The zero-order valence-electron chi connectivity index (χ0n) is 10.5. The Balaban J connectivity index is 2.89. The van der Waals surface area contributed by atoms with E-state index in [4.69, 9.17) is 4.74 Å². The summed E-state index contributed by atoms with van der Waals surface area (Å²) in [5.74, 6) is 0.480. The number of ether oxygens (including phenoxy) is 1. The molecule has 90 valence electrons. The largest absolute Gasteiger partial charge is 0.491 e. The number of aryl methyl sites for hydroxylation is 1. The van der Waals surface area contributed by atoms with E-state index in [9.17, 15) is 4.79 Å². The van der Waals surface area contributed by atoms with Gasteiger partial charge in [-0.15, -0.1) is 0 Å². The van der Waals surface area contributed by atoms with Gasteiger partial charge in [0.2, 0.25) is 5.43 Å². The van der Waals surface area contributed by atoms with Gasteiger partial charge in [0, 0.05) is 12.4 Å². The van der Waals surface area contributed by atoms with Gasteiger partial charge in [0.1, 0.15) is 0 Å². The predicted molar refractivity (Wildman–Crippen MR) is 69.7 cm³/mol. The standard InChI is InChI=1S/C14H17NO2/c1-4-7-12-14(17-3)13(16)10-8-5-6-9-11(10)15(12)2/h5-6,8-9H,4,7H2,1-3H3. The molecule has 0 aliphatic carbocycles. The summed E-state index contributed by atoms with van der Waals surface area (Å²) in [4.78, 5) is 12.3. The Kier molecular flexibility index (Phi) is 3.18. The average molecular weight is 231 g/mol. The molecule has 2 rings (SSSR count). The van der Waals surface area contributed by atoms with Crippen molar-refractivity contribution >= 4 is 10.9 Å². The van der Waals surface area contributed by atoms with Crippen LogP contribution in [-0.4, -0.2) is 11.7 Å². The first-order valence-corrected chi connectivity index (χ1v) is 5.85. The highest BCUT2D eigenvalue weighted by molar-refractivity contribution is 5.81. The number of aromatic nitrogens is 1. The highest BCUT2D eigenvalue weighted by Crippen LogP contribution is 2.21. The molecule has 1 aromatic carbocycles. The summed E-state index contributed by atoms with van der Waals surface area (Å²) < 4.78 is 7.34. The van der Waals surface area contributed by atoms with Crippen LogP contribution < -0.4 is 10.2 Å². The second kappa shape index (κ2) is 4.62. The summed E-state index contributed by atoms with van der Waals surface area (Å²) in [7, 11) is 3.54. The molecule has 17 heavy (non-hydrogen) atoms. The van der Waals surface area contributed by atoms with Crippen molar-refractivity contribution in [3.63, 3.8) is 0 Å². The number of fused-ring (bicyclic) bond motifs is 1. The summed E-state index contributed by atoms with van der Waals surface area (Å²) in [6, 6.07) is 7.64. The zero-order chi connectivity index (χ0) is 12.4. The summed E-state index contributed by atoms with van der Waals surface area (Å²) in [5.41, 5.74) is 1.92. The minimum atomic E-state index is -0.00958. The predicted octanol–water partition coefficient (Wildman–Crippen LogP) is 2.50. The monoisotopic (exact) mass is 231 g/mol. The van der Waals surface area contributed by atoms with Gasteiger partial charge in [-0.1, -0.05) is 25.5 Å². The molecule has 0 fully saturated rings. The summed E-state index contributed by atoms with van der Waals surface area (Å²) >= 11 is 0. The molecule has 0 atom stereocenters. The van der Waals surface area contributed by atoms with E-state index in [0.717, 1.165) is 24.1 Å². The van der Waals surface area contributed by atoms with Crippen LogP contribution in [0.5, 0.6) is 5.75 Å². The Bertz CT molecular complexity index is 599. The maximum absolute atomic E-state index is 12.3. The first-order valence-electron chi connectivity index (χ1n) is 5.85. The SMILES string of the molecule is CCCc1c(OC)c(=O)c2ccccc2n1C. The van der Waals surface area contributed by atoms with Crippen LogP contribution in [0.3, 0.4) is 0 Å². The van der Waals surface area contributed by atoms with Crippen LogP contribution in [-0.2, 0) is 13.5 Å².